The molecule has 2 amide bonds. The summed E-state index contributed by atoms with van der Waals surface area (Å²) >= 11 is 5.93. The van der Waals surface area contributed by atoms with Crippen LogP contribution < -0.4 is 14.8 Å². The number of ether oxygens (including phenoxy) is 2. The monoisotopic (exact) mass is 402 g/mol. The van der Waals surface area contributed by atoms with Gasteiger partial charge in [-0.2, -0.15) is 0 Å². The van der Waals surface area contributed by atoms with Gasteiger partial charge >= 0.3 is 0 Å². The second-order valence-corrected chi connectivity index (χ2v) is 7.38. The number of amides is 2. The average molecular weight is 403 g/mol. The molecule has 2 aromatic carbocycles. The highest BCUT2D eigenvalue weighted by molar-refractivity contribution is 6.30. The maximum Gasteiger partial charge on any atom is 0.255 e. The van der Waals surface area contributed by atoms with Crippen LogP contribution in [-0.2, 0) is 4.79 Å². The van der Waals surface area contributed by atoms with Crippen LogP contribution >= 0.6 is 11.6 Å². The molecule has 0 radical (unpaired) electrons. The Balaban J connectivity index is 1.83. The number of rotatable bonds is 6. The highest BCUT2D eigenvalue weighted by Crippen LogP contribution is 2.48. The molecular weight excluding hydrogens is 380 g/mol. The molecule has 7 heteroatoms. The lowest BCUT2D eigenvalue weighted by Gasteiger charge is -2.18. The van der Waals surface area contributed by atoms with Crippen molar-refractivity contribution in [1.82, 2.24) is 4.90 Å². The van der Waals surface area contributed by atoms with E-state index in [0.717, 1.165) is 12.0 Å². The molecule has 0 aromatic heterocycles. The predicted molar refractivity (Wildman–Crippen MR) is 108 cm³/mol. The molecule has 1 fully saturated rings. The number of hydrogen-bond acceptors (Lipinski definition) is 4. The topological polar surface area (TPSA) is 67.9 Å². The van der Waals surface area contributed by atoms with E-state index < -0.39 is 0 Å². The maximum absolute atomic E-state index is 12.8. The van der Waals surface area contributed by atoms with Crippen LogP contribution in [0.5, 0.6) is 11.5 Å². The SMILES string of the molecule is COc1cc(NC(=O)C2CC2c2ccc(Cl)cc2)c(C(=O)N(C)C)cc1OC. The van der Waals surface area contributed by atoms with E-state index in [2.05, 4.69) is 5.32 Å². The molecule has 2 atom stereocenters. The Kier molecular flexibility index (Phi) is 5.79. The maximum atomic E-state index is 12.8. The van der Waals surface area contributed by atoms with Crippen molar-refractivity contribution in [3.63, 3.8) is 0 Å². The fourth-order valence-electron chi connectivity index (χ4n) is 3.19. The third kappa shape index (κ3) is 4.07. The molecule has 6 nitrogen and oxygen atoms in total. The minimum Gasteiger partial charge on any atom is -0.493 e. The molecule has 2 aromatic rings. The van der Waals surface area contributed by atoms with Crippen LogP contribution in [0.2, 0.25) is 5.02 Å². The van der Waals surface area contributed by atoms with E-state index in [1.807, 2.05) is 24.3 Å². The standard InChI is InChI=1S/C21H23ClN2O4/c1-24(2)21(26)16-10-18(27-3)19(28-4)11-17(16)23-20(25)15-9-14(15)12-5-7-13(22)8-6-12/h5-8,10-11,14-15H,9H2,1-4H3,(H,23,25). The third-order valence-electron chi connectivity index (χ3n) is 4.84. The zero-order valence-corrected chi connectivity index (χ0v) is 17.0. The van der Waals surface area contributed by atoms with Crippen LogP contribution in [0.15, 0.2) is 36.4 Å². The number of anilines is 1. The van der Waals surface area contributed by atoms with Crippen molar-refractivity contribution in [2.24, 2.45) is 5.92 Å². The van der Waals surface area contributed by atoms with Gasteiger partial charge in [0.25, 0.3) is 5.91 Å². The predicted octanol–water partition coefficient (Wildman–Crippen LogP) is 3.80. The summed E-state index contributed by atoms with van der Waals surface area (Å²) < 4.78 is 10.6. The largest absolute Gasteiger partial charge is 0.493 e. The lowest BCUT2D eigenvalue weighted by Crippen LogP contribution is -2.24. The molecule has 0 saturated heterocycles. The summed E-state index contributed by atoms with van der Waals surface area (Å²) in [6.45, 7) is 0. The van der Waals surface area contributed by atoms with Gasteiger partial charge in [0, 0.05) is 31.1 Å². The summed E-state index contributed by atoms with van der Waals surface area (Å²) in [4.78, 5) is 26.8. The number of nitrogens with one attached hydrogen (secondary N) is 1. The first-order valence-corrected chi connectivity index (χ1v) is 9.27. The number of methoxy groups -OCH3 is 2. The van der Waals surface area contributed by atoms with Crippen molar-refractivity contribution in [1.29, 1.82) is 0 Å². The zero-order chi connectivity index (χ0) is 20.4. The molecule has 148 valence electrons. The molecule has 0 aliphatic heterocycles. The fraction of sp³-hybridized carbons (Fsp3) is 0.333. The molecule has 3 rings (SSSR count). The summed E-state index contributed by atoms with van der Waals surface area (Å²) in [5.74, 6) is 0.526. The smallest absolute Gasteiger partial charge is 0.255 e. The summed E-state index contributed by atoms with van der Waals surface area (Å²) in [5.41, 5.74) is 1.84. The van der Waals surface area contributed by atoms with E-state index in [-0.39, 0.29) is 23.7 Å². The van der Waals surface area contributed by atoms with E-state index in [1.54, 1.807) is 26.2 Å². The second kappa shape index (κ2) is 8.10. The Labute approximate surface area is 169 Å². The quantitative estimate of drug-likeness (QED) is 0.798. The molecule has 0 spiro atoms. The number of nitrogens with zero attached hydrogens (tertiary/aromatic N) is 1. The number of hydrogen-bond donors (Lipinski definition) is 1. The molecule has 1 saturated carbocycles. The molecule has 0 heterocycles. The fourth-order valence-corrected chi connectivity index (χ4v) is 3.31. The van der Waals surface area contributed by atoms with Gasteiger partial charge in [0.05, 0.1) is 25.5 Å². The lowest BCUT2D eigenvalue weighted by molar-refractivity contribution is -0.117. The molecule has 0 bridgehead atoms. The van der Waals surface area contributed by atoms with Gasteiger partial charge in [0.2, 0.25) is 5.91 Å². The number of carbonyl (C=O) groups is 2. The Morgan fingerprint density at radius 2 is 1.68 bits per heavy atom. The first-order chi connectivity index (χ1) is 13.3. The molecule has 1 aliphatic carbocycles. The second-order valence-electron chi connectivity index (χ2n) is 6.94. The van der Waals surface area contributed by atoms with Crippen LogP contribution in [0.4, 0.5) is 5.69 Å². The summed E-state index contributed by atoms with van der Waals surface area (Å²) in [6.07, 6.45) is 0.762. The summed E-state index contributed by atoms with van der Waals surface area (Å²) in [7, 11) is 6.32. The molecule has 2 unspecified atom stereocenters. The van der Waals surface area contributed by atoms with E-state index >= 15 is 0 Å². The van der Waals surface area contributed by atoms with Crippen LogP contribution in [0.1, 0.15) is 28.3 Å². The minimum absolute atomic E-state index is 0.125. The van der Waals surface area contributed by atoms with Gasteiger partial charge in [-0.25, -0.2) is 0 Å². The first kappa shape index (κ1) is 20.0. The summed E-state index contributed by atoms with van der Waals surface area (Å²) in [5, 5.41) is 3.57. The number of halogens is 1. The Morgan fingerprint density at radius 3 is 2.25 bits per heavy atom. The average Bonchev–Trinajstić information content (AvgIpc) is 3.48. The van der Waals surface area contributed by atoms with Crippen molar-refractivity contribution in [3.05, 3.63) is 52.5 Å². The Bertz CT molecular complexity index is 896. The minimum atomic E-state index is -0.235. The molecule has 28 heavy (non-hydrogen) atoms. The van der Waals surface area contributed by atoms with Gasteiger partial charge in [0.15, 0.2) is 11.5 Å². The van der Waals surface area contributed by atoms with E-state index in [1.165, 1.54) is 19.1 Å². The summed E-state index contributed by atoms with van der Waals surface area (Å²) in [6, 6.07) is 10.7. The van der Waals surface area contributed by atoms with Gasteiger partial charge < -0.3 is 19.7 Å². The van der Waals surface area contributed by atoms with Crippen molar-refractivity contribution in [3.8, 4) is 11.5 Å². The Morgan fingerprint density at radius 1 is 1.07 bits per heavy atom. The van der Waals surface area contributed by atoms with E-state index in [0.29, 0.717) is 27.8 Å². The Hall–Kier alpha value is -2.73. The van der Waals surface area contributed by atoms with Crippen molar-refractivity contribution < 1.29 is 19.1 Å². The van der Waals surface area contributed by atoms with E-state index in [4.69, 9.17) is 21.1 Å². The van der Waals surface area contributed by atoms with Gasteiger partial charge in [-0.05, 0) is 36.1 Å². The van der Waals surface area contributed by atoms with Crippen molar-refractivity contribution >= 4 is 29.1 Å². The van der Waals surface area contributed by atoms with E-state index in [9.17, 15) is 9.59 Å². The third-order valence-corrected chi connectivity index (χ3v) is 5.10. The number of carbonyl (C=O) groups excluding carboxylic acids is 2. The van der Waals surface area contributed by atoms with Gasteiger partial charge in [0.1, 0.15) is 0 Å². The zero-order valence-electron chi connectivity index (χ0n) is 16.3. The van der Waals surface area contributed by atoms with Crippen LogP contribution in [0.3, 0.4) is 0 Å². The van der Waals surface area contributed by atoms with Gasteiger partial charge in [-0.3, -0.25) is 9.59 Å². The van der Waals surface area contributed by atoms with Gasteiger partial charge in [-0.1, -0.05) is 23.7 Å². The lowest BCUT2D eigenvalue weighted by atomic mass is 10.1. The van der Waals surface area contributed by atoms with Crippen LogP contribution in [-0.4, -0.2) is 45.0 Å². The highest BCUT2D eigenvalue weighted by Gasteiger charge is 2.44. The molecular formula is C21H23ClN2O4. The highest BCUT2D eigenvalue weighted by atomic mass is 35.5. The van der Waals surface area contributed by atoms with Crippen LogP contribution in [0.25, 0.3) is 0 Å². The first-order valence-electron chi connectivity index (χ1n) is 8.89. The van der Waals surface area contributed by atoms with Crippen molar-refractivity contribution in [2.75, 3.05) is 33.6 Å². The molecule has 1 N–H and O–H groups in total. The van der Waals surface area contributed by atoms with Gasteiger partial charge in [-0.15, -0.1) is 0 Å². The van der Waals surface area contributed by atoms with Crippen LogP contribution in [0, 0.1) is 5.92 Å². The molecule has 1 aliphatic rings. The van der Waals surface area contributed by atoms with Crippen molar-refractivity contribution in [2.45, 2.75) is 12.3 Å². The normalized spacial score (nSPS) is 17.6. The number of benzene rings is 2.